The Kier molecular flexibility index (Phi) is 9.44. The van der Waals surface area contributed by atoms with E-state index in [1.807, 2.05) is 19.1 Å². The number of hydrogen-bond donors (Lipinski definition) is 3. The fourth-order valence-electron chi connectivity index (χ4n) is 3.18. The lowest BCUT2D eigenvalue weighted by Crippen LogP contribution is -2.47. The maximum absolute atomic E-state index is 13.4. The number of nitrogens with zero attached hydrogens (tertiary/aromatic N) is 1. The third-order valence-corrected chi connectivity index (χ3v) is 4.75. The average molecular weight is 472 g/mol. The molecule has 0 spiro atoms. The van der Waals surface area contributed by atoms with Crippen LogP contribution in [0.25, 0.3) is 0 Å². The van der Waals surface area contributed by atoms with Gasteiger partial charge in [-0.25, -0.2) is 4.79 Å². The number of anilines is 1. The van der Waals surface area contributed by atoms with Crippen LogP contribution < -0.4 is 15.4 Å². The normalized spacial score (nSPS) is 11.8. The summed E-state index contributed by atoms with van der Waals surface area (Å²) in [4.78, 5) is 39.7. The number of hydrogen-bond acceptors (Lipinski definition) is 6. The number of methoxy groups -OCH3 is 1. The summed E-state index contributed by atoms with van der Waals surface area (Å²) >= 11 is 0. The van der Waals surface area contributed by atoms with E-state index in [9.17, 15) is 19.5 Å². The molecule has 0 saturated carbocycles. The van der Waals surface area contributed by atoms with Crippen LogP contribution in [-0.4, -0.2) is 60.3 Å². The molecule has 9 heteroatoms. The average Bonchev–Trinajstić information content (AvgIpc) is 2.77. The number of aliphatic hydroxyl groups is 1. The summed E-state index contributed by atoms with van der Waals surface area (Å²) < 4.78 is 10.3. The van der Waals surface area contributed by atoms with Crippen molar-refractivity contribution in [3.05, 3.63) is 59.7 Å². The van der Waals surface area contributed by atoms with Gasteiger partial charge >= 0.3 is 6.09 Å². The maximum atomic E-state index is 13.4. The first-order valence-corrected chi connectivity index (χ1v) is 10.9. The molecule has 0 fully saturated rings. The smallest absolute Gasteiger partial charge is 0.408 e. The zero-order valence-corrected chi connectivity index (χ0v) is 20.3. The molecule has 1 unspecified atom stereocenters. The lowest BCUT2D eigenvalue weighted by molar-refractivity contribution is -0.138. The van der Waals surface area contributed by atoms with Crippen molar-refractivity contribution in [2.75, 3.05) is 32.1 Å². The third-order valence-electron chi connectivity index (χ3n) is 4.75. The second-order valence-electron chi connectivity index (χ2n) is 8.70. The van der Waals surface area contributed by atoms with Gasteiger partial charge in [-0.05, 0) is 57.5 Å². The predicted octanol–water partition coefficient (Wildman–Crippen LogP) is 3.03. The van der Waals surface area contributed by atoms with Crippen LogP contribution in [-0.2, 0) is 14.3 Å². The largest absolute Gasteiger partial charge is 0.497 e. The van der Waals surface area contributed by atoms with Gasteiger partial charge in [0.05, 0.1) is 13.7 Å². The van der Waals surface area contributed by atoms with Gasteiger partial charge in [-0.1, -0.05) is 29.8 Å². The van der Waals surface area contributed by atoms with E-state index in [1.165, 1.54) is 4.90 Å². The second kappa shape index (κ2) is 12.0. The van der Waals surface area contributed by atoms with Gasteiger partial charge in [0.25, 0.3) is 5.91 Å². The van der Waals surface area contributed by atoms with Crippen molar-refractivity contribution < 1.29 is 29.0 Å². The van der Waals surface area contributed by atoms with Crippen molar-refractivity contribution >= 4 is 23.6 Å². The van der Waals surface area contributed by atoms with Gasteiger partial charge in [-0.2, -0.15) is 0 Å². The second-order valence-corrected chi connectivity index (χ2v) is 8.70. The van der Waals surface area contributed by atoms with E-state index in [4.69, 9.17) is 9.47 Å². The molecule has 3 N–H and O–H groups in total. The van der Waals surface area contributed by atoms with Crippen LogP contribution in [0.15, 0.2) is 48.5 Å². The zero-order valence-electron chi connectivity index (χ0n) is 20.3. The van der Waals surface area contributed by atoms with Crippen molar-refractivity contribution in [1.82, 2.24) is 10.2 Å². The summed E-state index contributed by atoms with van der Waals surface area (Å²) in [7, 11) is 1.55. The maximum Gasteiger partial charge on any atom is 0.408 e. The summed E-state index contributed by atoms with van der Waals surface area (Å²) in [6.07, 6.45) is -0.751. The first kappa shape index (κ1) is 26.7. The Labute approximate surface area is 200 Å². The Balaban J connectivity index is 2.29. The third kappa shape index (κ3) is 8.08. The molecule has 3 amide bonds. The lowest BCUT2D eigenvalue weighted by atomic mass is 10.0. The Hall–Kier alpha value is -3.59. The molecule has 2 aromatic carbocycles. The highest BCUT2D eigenvalue weighted by atomic mass is 16.6. The number of carbonyl (C=O) groups excluding carboxylic acids is 3. The number of alkyl carbamates (subject to hydrolysis) is 1. The van der Waals surface area contributed by atoms with Gasteiger partial charge in [0.2, 0.25) is 5.91 Å². The summed E-state index contributed by atoms with van der Waals surface area (Å²) in [5.74, 6) is -0.373. The van der Waals surface area contributed by atoms with Crippen LogP contribution in [0.5, 0.6) is 5.75 Å². The van der Waals surface area contributed by atoms with Crippen molar-refractivity contribution in [1.29, 1.82) is 0 Å². The molecule has 0 bridgehead atoms. The molecule has 0 radical (unpaired) electrons. The molecule has 2 aromatic rings. The van der Waals surface area contributed by atoms with E-state index >= 15 is 0 Å². The molecule has 0 aliphatic carbocycles. The predicted molar refractivity (Wildman–Crippen MR) is 129 cm³/mol. The van der Waals surface area contributed by atoms with Gasteiger partial charge in [0, 0.05) is 12.2 Å². The Bertz CT molecular complexity index is 968. The van der Waals surface area contributed by atoms with Crippen molar-refractivity contribution in [3.8, 4) is 5.75 Å². The van der Waals surface area contributed by atoms with Crippen LogP contribution in [0.3, 0.4) is 0 Å². The van der Waals surface area contributed by atoms with Crippen molar-refractivity contribution in [2.45, 2.75) is 39.3 Å². The molecule has 0 aliphatic heterocycles. The first-order chi connectivity index (χ1) is 16.0. The Morgan fingerprint density at radius 3 is 2.18 bits per heavy atom. The molecular weight excluding hydrogens is 438 g/mol. The van der Waals surface area contributed by atoms with Crippen LogP contribution in [0, 0.1) is 6.92 Å². The standard InChI is InChI=1S/C25H33N3O6/c1-17-6-8-18(9-7-17)22(23(31)27-19-10-12-20(33-5)13-11-19)28(14-15-29)21(30)16-26-24(32)34-25(2,3)4/h6-13,22,29H,14-16H2,1-5H3,(H,26,32)(H,27,31). The molecule has 0 aromatic heterocycles. The van der Waals surface area contributed by atoms with Crippen molar-refractivity contribution in [2.24, 2.45) is 0 Å². The van der Waals surface area contributed by atoms with E-state index in [1.54, 1.807) is 64.3 Å². The van der Waals surface area contributed by atoms with Gasteiger partial charge in [-0.15, -0.1) is 0 Å². The number of carbonyl (C=O) groups is 3. The number of ether oxygens (including phenoxy) is 2. The SMILES string of the molecule is COc1ccc(NC(=O)C(c2ccc(C)cc2)N(CCO)C(=O)CNC(=O)OC(C)(C)C)cc1. The summed E-state index contributed by atoms with van der Waals surface area (Å²) in [6, 6.07) is 12.9. The zero-order chi connectivity index (χ0) is 25.3. The summed E-state index contributed by atoms with van der Waals surface area (Å²) in [5, 5.41) is 14.9. The quantitative estimate of drug-likeness (QED) is 0.518. The number of amides is 3. The van der Waals surface area contributed by atoms with E-state index in [0.717, 1.165) is 5.56 Å². The van der Waals surface area contributed by atoms with Crippen LogP contribution in [0.1, 0.15) is 37.9 Å². The number of aryl methyl sites for hydroxylation is 1. The van der Waals surface area contributed by atoms with Gasteiger partial charge < -0.3 is 30.1 Å². The minimum absolute atomic E-state index is 0.108. The molecule has 0 heterocycles. The van der Waals surface area contributed by atoms with Crippen LogP contribution in [0.4, 0.5) is 10.5 Å². The lowest BCUT2D eigenvalue weighted by Gasteiger charge is -2.31. The molecule has 2 rings (SSSR count). The van der Waals surface area contributed by atoms with Crippen LogP contribution in [0.2, 0.25) is 0 Å². The highest BCUT2D eigenvalue weighted by molar-refractivity contribution is 5.98. The molecule has 0 aliphatic rings. The van der Waals surface area contributed by atoms with Gasteiger partial charge in [-0.3, -0.25) is 9.59 Å². The number of nitrogens with one attached hydrogen (secondary N) is 2. The number of rotatable bonds is 9. The summed E-state index contributed by atoms with van der Waals surface area (Å²) in [6.45, 7) is 6.18. The molecular formula is C25H33N3O6. The van der Waals surface area contributed by atoms with E-state index in [0.29, 0.717) is 17.0 Å². The monoisotopic (exact) mass is 471 g/mol. The molecule has 34 heavy (non-hydrogen) atoms. The summed E-state index contributed by atoms with van der Waals surface area (Å²) in [5.41, 5.74) is 1.35. The van der Waals surface area contributed by atoms with E-state index < -0.39 is 36.1 Å². The highest BCUT2D eigenvalue weighted by Crippen LogP contribution is 2.24. The number of benzene rings is 2. The van der Waals surface area contributed by atoms with Crippen molar-refractivity contribution in [3.63, 3.8) is 0 Å². The topological polar surface area (TPSA) is 117 Å². The minimum atomic E-state index is -1.04. The fourth-order valence-corrected chi connectivity index (χ4v) is 3.18. The molecule has 9 nitrogen and oxygen atoms in total. The Morgan fingerprint density at radius 2 is 1.65 bits per heavy atom. The fraction of sp³-hybridized carbons (Fsp3) is 0.400. The van der Waals surface area contributed by atoms with Gasteiger partial charge in [0.1, 0.15) is 23.9 Å². The highest BCUT2D eigenvalue weighted by Gasteiger charge is 2.31. The number of aliphatic hydroxyl groups excluding tert-OH is 1. The van der Waals surface area contributed by atoms with Crippen LogP contribution >= 0.6 is 0 Å². The first-order valence-electron chi connectivity index (χ1n) is 10.9. The minimum Gasteiger partial charge on any atom is -0.497 e. The molecule has 184 valence electrons. The van der Waals surface area contributed by atoms with Gasteiger partial charge in [0.15, 0.2) is 0 Å². The Morgan fingerprint density at radius 1 is 1.03 bits per heavy atom. The molecule has 1 atom stereocenters. The van der Waals surface area contributed by atoms with E-state index in [2.05, 4.69) is 10.6 Å². The molecule has 0 saturated heterocycles. The van der Waals surface area contributed by atoms with E-state index in [-0.39, 0.29) is 13.2 Å².